The lowest BCUT2D eigenvalue weighted by atomic mass is 9.84. The smallest absolute Gasteiger partial charge is 0.0995 e. The summed E-state index contributed by atoms with van der Waals surface area (Å²) < 4.78 is 0. The van der Waals surface area contributed by atoms with Crippen LogP contribution in [0, 0.1) is 17.2 Å². The van der Waals surface area contributed by atoms with Crippen molar-refractivity contribution in [1.29, 1.82) is 5.26 Å². The van der Waals surface area contributed by atoms with Gasteiger partial charge in [0.25, 0.3) is 0 Å². The predicted octanol–water partition coefficient (Wildman–Crippen LogP) is 7.59. The average molecular weight is 470 g/mol. The fourth-order valence-electron chi connectivity index (χ4n) is 4.73. The molecule has 0 heterocycles. The van der Waals surface area contributed by atoms with Gasteiger partial charge in [-0.2, -0.15) is 5.26 Å². The van der Waals surface area contributed by atoms with Crippen molar-refractivity contribution in [2.24, 2.45) is 5.92 Å². The standard InChI is InChI=1S/C26H23Cl3N2/c27-21-7-5-18(6-8-21)24-11-17(12-25(24)23-10-9-22(28)13-26(23)29)15-31-16-20-4-2-1-3-19(20)14-30/h1-10,13,17,24-25,31H,11-12,15-16H2/t17-,24-,25+/m1/s1. The van der Waals surface area contributed by atoms with E-state index >= 15 is 0 Å². The first-order valence-electron chi connectivity index (χ1n) is 10.4. The van der Waals surface area contributed by atoms with Gasteiger partial charge in [-0.3, -0.25) is 0 Å². The van der Waals surface area contributed by atoms with E-state index in [0.29, 0.717) is 29.3 Å². The summed E-state index contributed by atoms with van der Waals surface area (Å²) in [4.78, 5) is 0. The zero-order valence-corrected chi connectivity index (χ0v) is 19.3. The number of nitrogens with zero attached hydrogens (tertiary/aromatic N) is 1. The molecule has 0 unspecified atom stereocenters. The molecule has 0 spiro atoms. The maximum Gasteiger partial charge on any atom is 0.0995 e. The van der Waals surface area contributed by atoms with E-state index in [-0.39, 0.29) is 0 Å². The molecule has 5 heteroatoms. The van der Waals surface area contributed by atoms with Crippen LogP contribution in [0.5, 0.6) is 0 Å². The molecule has 0 saturated heterocycles. The number of hydrogen-bond acceptors (Lipinski definition) is 2. The van der Waals surface area contributed by atoms with Crippen LogP contribution in [0.1, 0.15) is 46.9 Å². The van der Waals surface area contributed by atoms with Gasteiger partial charge in [-0.1, -0.05) is 71.2 Å². The topological polar surface area (TPSA) is 35.8 Å². The van der Waals surface area contributed by atoms with Crippen molar-refractivity contribution in [2.75, 3.05) is 6.54 Å². The van der Waals surface area contributed by atoms with Gasteiger partial charge in [-0.15, -0.1) is 0 Å². The first-order valence-corrected chi connectivity index (χ1v) is 11.6. The van der Waals surface area contributed by atoms with Crippen molar-refractivity contribution >= 4 is 34.8 Å². The molecular weight excluding hydrogens is 447 g/mol. The molecule has 0 radical (unpaired) electrons. The Morgan fingerprint density at radius 2 is 1.58 bits per heavy atom. The number of halogens is 3. The minimum Gasteiger partial charge on any atom is -0.312 e. The number of hydrogen-bond donors (Lipinski definition) is 1. The first kappa shape index (κ1) is 22.2. The summed E-state index contributed by atoms with van der Waals surface area (Å²) in [6.45, 7) is 1.59. The summed E-state index contributed by atoms with van der Waals surface area (Å²) in [5.41, 5.74) is 4.21. The Morgan fingerprint density at radius 3 is 2.32 bits per heavy atom. The molecule has 1 N–H and O–H groups in total. The molecule has 1 fully saturated rings. The molecule has 1 saturated carbocycles. The third-order valence-corrected chi connectivity index (χ3v) is 7.02. The molecule has 0 aromatic heterocycles. The number of nitriles is 1. The monoisotopic (exact) mass is 468 g/mol. The maximum absolute atomic E-state index is 9.31. The van der Waals surface area contributed by atoms with Crippen molar-refractivity contribution in [3.05, 3.63) is 104 Å². The summed E-state index contributed by atoms with van der Waals surface area (Å²) in [6.07, 6.45) is 2.11. The minimum absolute atomic E-state index is 0.323. The van der Waals surface area contributed by atoms with Gasteiger partial charge in [0.1, 0.15) is 0 Å². The van der Waals surface area contributed by atoms with Gasteiger partial charge >= 0.3 is 0 Å². The Hall–Kier alpha value is -2.02. The quantitative estimate of drug-likeness (QED) is 0.404. The van der Waals surface area contributed by atoms with Gasteiger partial charge < -0.3 is 5.32 Å². The zero-order chi connectivity index (χ0) is 21.8. The van der Waals surface area contributed by atoms with E-state index in [1.165, 1.54) is 5.56 Å². The number of benzene rings is 3. The number of nitrogens with one attached hydrogen (secondary N) is 1. The Balaban J connectivity index is 1.51. The summed E-state index contributed by atoms with van der Waals surface area (Å²) >= 11 is 18.9. The SMILES string of the molecule is N#Cc1ccccc1CNC[C@@H]1C[C@H](c2ccc(Cl)cc2)[C@H](c2ccc(Cl)cc2Cl)C1. The highest BCUT2D eigenvalue weighted by molar-refractivity contribution is 6.35. The van der Waals surface area contributed by atoms with Crippen LogP contribution in [0.25, 0.3) is 0 Å². The summed E-state index contributed by atoms with van der Waals surface area (Å²) in [5, 5.41) is 15.0. The van der Waals surface area contributed by atoms with Gasteiger partial charge in [0.2, 0.25) is 0 Å². The highest BCUT2D eigenvalue weighted by Crippen LogP contribution is 2.50. The van der Waals surface area contributed by atoms with Gasteiger partial charge in [-0.05, 0) is 84.2 Å². The van der Waals surface area contributed by atoms with Crippen LogP contribution in [-0.4, -0.2) is 6.54 Å². The second-order valence-corrected chi connectivity index (χ2v) is 9.45. The second kappa shape index (κ2) is 10.1. The molecule has 158 valence electrons. The lowest BCUT2D eigenvalue weighted by molar-refractivity contribution is 0.480. The minimum atomic E-state index is 0.323. The van der Waals surface area contributed by atoms with Gasteiger partial charge in [0.15, 0.2) is 0 Å². The third-order valence-electron chi connectivity index (χ3n) is 6.21. The molecule has 3 atom stereocenters. The normalized spacial score (nSPS) is 20.5. The van der Waals surface area contributed by atoms with Crippen LogP contribution >= 0.6 is 34.8 Å². The van der Waals surface area contributed by atoms with Crippen LogP contribution in [-0.2, 0) is 6.54 Å². The molecule has 3 aromatic rings. The Kier molecular flexibility index (Phi) is 7.20. The van der Waals surface area contributed by atoms with Crippen molar-refractivity contribution in [1.82, 2.24) is 5.32 Å². The summed E-state index contributed by atoms with van der Waals surface area (Å²) in [7, 11) is 0. The van der Waals surface area contributed by atoms with Crippen LogP contribution in [0.2, 0.25) is 15.1 Å². The summed E-state index contributed by atoms with van der Waals surface area (Å²) in [6, 6.07) is 24.0. The van der Waals surface area contributed by atoms with Gasteiger partial charge in [0, 0.05) is 21.6 Å². The fraction of sp³-hybridized carbons (Fsp3) is 0.269. The molecule has 1 aliphatic rings. The summed E-state index contributed by atoms with van der Waals surface area (Å²) in [5.74, 6) is 1.20. The number of rotatable bonds is 6. The Bertz CT molecular complexity index is 1090. The van der Waals surface area contributed by atoms with Crippen LogP contribution in [0.4, 0.5) is 0 Å². The van der Waals surface area contributed by atoms with Crippen molar-refractivity contribution in [2.45, 2.75) is 31.2 Å². The van der Waals surface area contributed by atoms with Gasteiger partial charge in [-0.25, -0.2) is 0 Å². The van der Waals surface area contributed by atoms with Crippen molar-refractivity contribution in [3.63, 3.8) is 0 Å². The van der Waals surface area contributed by atoms with E-state index in [4.69, 9.17) is 34.8 Å². The molecule has 3 aromatic carbocycles. The molecule has 31 heavy (non-hydrogen) atoms. The zero-order valence-electron chi connectivity index (χ0n) is 17.0. The van der Waals surface area contributed by atoms with Gasteiger partial charge in [0.05, 0.1) is 11.6 Å². The predicted molar refractivity (Wildman–Crippen MR) is 129 cm³/mol. The van der Waals surface area contributed by atoms with E-state index in [1.807, 2.05) is 48.5 Å². The average Bonchev–Trinajstić information content (AvgIpc) is 3.18. The lowest BCUT2D eigenvalue weighted by Crippen LogP contribution is -2.21. The molecule has 2 nitrogen and oxygen atoms in total. The van der Waals surface area contributed by atoms with E-state index < -0.39 is 0 Å². The van der Waals surface area contributed by atoms with Crippen molar-refractivity contribution in [3.8, 4) is 6.07 Å². The van der Waals surface area contributed by atoms with E-state index in [1.54, 1.807) is 0 Å². The molecule has 0 aliphatic heterocycles. The largest absolute Gasteiger partial charge is 0.312 e. The Labute approximate surface area is 198 Å². The van der Waals surface area contributed by atoms with Crippen LogP contribution in [0.3, 0.4) is 0 Å². The Morgan fingerprint density at radius 1 is 0.871 bits per heavy atom. The lowest BCUT2D eigenvalue weighted by Gasteiger charge is -2.21. The van der Waals surface area contributed by atoms with Crippen LogP contribution in [0.15, 0.2) is 66.7 Å². The third kappa shape index (κ3) is 5.25. The molecular formula is C26H23Cl3N2. The first-order chi connectivity index (χ1) is 15.0. The highest BCUT2D eigenvalue weighted by atomic mass is 35.5. The second-order valence-electron chi connectivity index (χ2n) is 8.17. The van der Waals surface area contributed by atoms with Crippen LogP contribution < -0.4 is 5.32 Å². The molecule has 0 bridgehead atoms. The molecule has 0 amide bonds. The maximum atomic E-state index is 9.31. The van der Waals surface area contributed by atoms with Crippen molar-refractivity contribution < 1.29 is 0 Å². The molecule has 4 rings (SSSR count). The van der Waals surface area contributed by atoms with E-state index in [9.17, 15) is 5.26 Å². The fourth-order valence-corrected chi connectivity index (χ4v) is 5.40. The highest BCUT2D eigenvalue weighted by Gasteiger charge is 2.36. The van der Waals surface area contributed by atoms with E-state index in [2.05, 4.69) is 29.6 Å². The molecule has 1 aliphatic carbocycles. The van der Waals surface area contributed by atoms with E-state index in [0.717, 1.165) is 46.1 Å².